The fourth-order valence-corrected chi connectivity index (χ4v) is 3.42. The third kappa shape index (κ3) is 1.43. The number of nitrogens with one attached hydrogen (secondary N) is 1. The Morgan fingerprint density at radius 3 is 2.71 bits per heavy atom. The fraction of sp³-hybridized carbons (Fsp3) is 1.00. The van der Waals surface area contributed by atoms with Gasteiger partial charge in [-0.25, -0.2) is 8.42 Å². The normalized spacial score (nSPS) is 33.9. The Kier molecular flexibility index (Phi) is 2.48. The van der Waals surface area contributed by atoms with Gasteiger partial charge in [0.25, 0.3) is 10.0 Å². The van der Waals surface area contributed by atoms with Crippen LogP contribution in [0.15, 0.2) is 0 Å². The lowest BCUT2D eigenvalue weighted by Gasteiger charge is -2.21. The van der Waals surface area contributed by atoms with Gasteiger partial charge in [-0.1, -0.05) is 0 Å². The highest BCUT2D eigenvalue weighted by atomic mass is 32.2. The molecule has 0 unspecified atom stereocenters. The molecule has 4 nitrogen and oxygen atoms in total. The van der Waals surface area contributed by atoms with Crippen molar-refractivity contribution in [2.24, 2.45) is 5.92 Å². The number of hydrogen-bond donors (Lipinski definition) is 1. The molecule has 82 valence electrons. The first-order valence-corrected chi connectivity index (χ1v) is 6.03. The second-order valence-electron chi connectivity index (χ2n) is 3.69. The number of fused-ring (bicyclic) bond motifs is 1. The van der Waals surface area contributed by atoms with Gasteiger partial charge in [0.15, 0.2) is 0 Å². The van der Waals surface area contributed by atoms with Gasteiger partial charge in [-0.05, 0) is 18.9 Å². The molecule has 2 heterocycles. The molecule has 2 aliphatic heterocycles. The number of sulfonamides is 1. The van der Waals surface area contributed by atoms with Crippen molar-refractivity contribution in [2.45, 2.75) is 18.2 Å². The maximum Gasteiger partial charge on any atom is 0.350 e. The minimum atomic E-state index is -4.37. The lowest BCUT2D eigenvalue weighted by Crippen LogP contribution is -2.41. The van der Waals surface area contributed by atoms with Gasteiger partial charge >= 0.3 is 5.76 Å². The molecule has 0 amide bonds. The molecule has 0 aliphatic carbocycles. The molecule has 0 saturated carbocycles. The van der Waals surface area contributed by atoms with Crippen molar-refractivity contribution in [3.8, 4) is 0 Å². The van der Waals surface area contributed by atoms with Crippen LogP contribution in [0.1, 0.15) is 6.42 Å². The van der Waals surface area contributed by atoms with Crippen LogP contribution in [0.3, 0.4) is 0 Å². The quantitative estimate of drug-likeness (QED) is 0.711. The first-order valence-electron chi connectivity index (χ1n) is 4.53. The van der Waals surface area contributed by atoms with E-state index < -0.39 is 15.8 Å². The summed E-state index contributed by atoms with van der Waals surface area (Å²) in [5.74, 6) is -3.08. The van der Waals surface area contributed by atoms with Gasteiger partial charge in [0.2, 0.25) is 0 Å². The predicted octanol–water partition coefficient (Wildman–Crippen LogP) is -0.167. The van der Waals surface area contributed by atoms with Crippen molar-refractivity contribution in [3.63, 3.8) is 0 Å². The highest BCUT2D eigenvalue weighted by Gasteiger charge is 2.46. The van der Waals surface area contributed by atoms with Crippen molar-refractivity contribution >= 4 is 10.0 Å². The average molecular weight is 226 g/mol. The van der Waals surface area contributed by atoms with E-state index in [0.717, 1.165) is 10.8 Å². The van der Waals surface area contributed by atoms with Crippen molar-refractivity contribution < 1.29 is 17.2 Å². The molecule has 2 atom stereocenters. The van der Waals surface area contributed by atoms with Gasteiger partial charge in [0.1, 0.15) is 0 Å². The van der Waals surface area contributed by atoms with E-state index >= 15 is 0 Å². The number of hydrogen-bond acceptors (Lipinski definition) is 3. The zero-order valence-electron chi connectivity index (χ0n) is 7.49. The van der Waals surface area contributed by atoms with Crippen LogP contribution in [0.5, 0.6) is 0 Å². The minimum Gasteiger partial charge on any atom is -0.315 e. The van der Waals surface area contributed by atoms with E-state index in [-0.39, 0.29) is 18.5 Å². The first-order chi connectivity index (χ1) is 6.53. The minimum absolute atomic E-state index is 0.212. The zero-order chi connectivity index (χ0) is 10.3. The lowest BCUT2D eigenvalue weighted by molar-refractivity contribution is 0.216. The van der Waals surface area contributed by atoms with Crippen molar-refractivity contribution in [2.75, 3.05) is 19.6 Å². The van der Waals surface area contributed by atoms with E-state index in [9.17, 15) is 17.2 Å². The van der Waals surface area contributed by atoms with Crippen LogP contribution >= 0.6 is 0 Å². The molecule has 0 aromatic rings. The lowest BCUT2D eigenvalue weighted by atomic mass is 10.1. The molecule has 0 radical (unpaired) electrons. The predicted molar refractivity (Wildman–Crippen MR) is 46.4 cm³/mol. The van der Waals surface area contributed by atoms with Gasteiger partial charge < -0.3 is 5.32 Å². The van der Waals surface area contributed by atoms with Gasteiger partial charge in [0, 0.05) is 19.1 Å². The summed E-state index contributed by atoms with van der Waals surface area (Å²) in [6.07, 6.45) is 0.684. The molecule has 2 aliphatic rings. The fourth-order valence-electron chi connectivity index (χ4n) is 2.23. The highest BCUT2D eigenvalue weighted by Crippen LogP contribution is 2.31. The molecule has 2 fully saturated rings. The number of rotatable bonds is 2. The largest absolute Gasteiger partial charge is 0.350 e. The van der Waals surface area contributed by atoms with Gasteiger partial charge in [0.05, 0.1) is 0 Å². The molecule has 0 aromatic heterocycles. The van der Waals surface area contributed by atoms with Crippen LogP contribution in [0.4, 0.5) is 8.78 Å². The molecule has 7 heteroatoms. The second-order valence-corrected chi connectivity index (χ2v) is 5.55. The maximum atomic E-state index is 12.3. The van der Waals surface area contributed by atoms with Crippen molar-refractivity contribution in [1.82, 2.24) is 9.62 Å². The Hall–Kier alpha value is -0.270. The monoisotopic (exact) mass is 226 g/mol. The van der Waals surface area contributed by atoms with E-state index in [1.165, 1.54) is 0 Å². The molecule has 0 spiro atoms. The third-order valence-electron chi connectivity index (χ3n) is 2.95. The highest BCUT2D eigenvalue weighted by molar-refractivity contribution is 7.89. The topological polar surface area (TPSA) is 49.4 Å². The molecule has 2 saturated heterocycles. The van der Waals surface area contributed by atoms with Gasteiger partial charge in [-0.2, -0.15) is 13.1 Å². The molecule has 0 bridgehead atoms. The summed E-state index contributed by atoms with van der Waals surface area (Å²) in [4.78, 5) is 0. The van der Waals surface area contributed by atoms with E-state index in [2.05, 4.69) is 5.32 Å². The Bertz CT molecular complexity index is 320. The van der Waals surface area contributed by atoms with Crippen LogP contribution in [0.25, 0.3) is 0 Å². The summed E-state index contributed by atoms with van der Waals surface area (Å²) >= 11 is 0. The van der Waals surface area contributed by atoms with E-state index in [4.69, 9.17) is 0 Å². The SMILES string of the molecule is O=S(=O)(C(F)F)N1CC[C@H]2CNC[C@H]21. The van der Waals surface area contributed by atoms with Crippen LogP contribution in [0, 0.1) is 5.92 Å². The Morgan fingerprint density at radius 2 is 2.07 bits per heavy atom. The standard InChI is InChI=1S/C7H12F2N2O2S/c8-7(9)14(12,13)11-2-1-5-3-10-4-6(5)11/h5-7,10H,1-4H2/t5-,6+/m0/s1. The first kappa shape index (κ1) is 10.3. The van der Waals surface area contributed by atoms with Crippen LogP contribution in [-0.4, -0.2) is 44.2 Å². The van der Waals surface area contributed by atoms with E-state index in [0.29, 0.717) is 13.0 Å². The summed E-state index contributed by atoms with van der Waals surface area (Å²) < 4.78 is 48.0. The number of alkyl halides is 2. The van der Waals surface area contributed by atoms with Gasteiger partial charge in [-0.15, -0.1) is 0 Å². The van der Waals surface area contributed by atoms with E-state index in [1.54, 1.807) is 0 Å². The number of nitrogens with zero attached hydrogens (tertiary/aromatic N) is 1. The van der Waals surface area contributed by atoms with Crippen LogP contribution < -0.4 is 5.32 Å². The zero-order valence-corrected chi connectivity index (χ0v) is 8.30. The summed E-state index contributed by atoms with van der Waals surface area (Å²) in [7, 11) is -4.37. The third-order valence-corrected chi connectivity index (χ3v) is 4.50. The van der Waals surface area contributed by atoms with Gasteiger partial charge in [-0.3, -0.25) is 0 Å². The van der Waals surface area contributed by atoms with E-state index in [1.807, 2.05) is 0 Å². The molecule has 0 aromatic carbocycles. The van der Waals surface area contributed by atoms with Crippen LogP contribution in [-0.2, 0) is 10.0 Å². The summed E-state index contributed by atoms with van der Waals surface area (Å²) in [5.41, 5.74) is 0. The van der Waals surface area contributed by atoms with Crippen LogP contribution in [0.2, 0.25) is 0 Å². The number of halogens is 2. The van der Waals surface area contributed by atoms with Crippen molar-refractivity contribution in [3.05, 3.63) is 0 Å². The smallest absolute Gasteiger partial charge is 0.315 e. The Balaban J connectivity index is 2.20. The molecule has 1 N–H and O–H groups in total. The molecular weight excluding hydrogens is 214 g/mol. The Morgan fingerprint density at radius 1 is 1.36 bits per heavy atom. The molecule has 14 heavy (non-hydrogen) atoms. The average Bonchev–Trinajstić information content (AvgIpc) is 2.61. The summed E-state index contributed by atoms with van der Waals surface area (Å²) in [5, 5.41) is 3.01. The summed E-state index contributed by atoms with van der Waals surface area (Å²) in [6, 6.07) is -0.256. The summed E-state index contributed by atoms with van der Waals surface area (Å²) in [6.45, 7) is 1.47. The van der Waals surface area contributed by atoms with Crippen molar-refractivity contribution in [1.29, 1.82) is 0 Å². The molecule has 2 rings (SSSR count). The second kappa shape index (κ2) is 3.39. The molecular formula is C7H12F2N2O2S. The maximum absolute atomic E-state index is 12.3. The Labute approximate surface area is 81.3 Å².